The Balaban J connectivity index is 1.92. The molecule has 0 fully saturated rings. The zero-order valence-electron chi connectivity index (χ0n) is 22.8. The van der Waals surface area contributed by atoms with E-state index in [4.69, 9.17) is 9.47 Å². The second-order valence-corrected chi connectivity index (χ2v) is 11.0. The first-order chi connectivity index (χ1) is 20.0. The van der Waals surface area contributed by atoms with Crippen LogP contribution < -0.4 is 5.56 Å². The molecule has 1 N–H and O–H groups in total. The third-order valence-electron chi connectivity index (χ3n) is 6.46. The molecule has 4 rings (SSSR count). The van der Waals surface area contributed by atoms with Crippen molar-refractivity contribution in [3.05, 3.63) is 99.4 Å². The average molecular weight is 597 g/mol. The van der Waals surface area contributed by atoms with E-state index in [0.717, 1.165) is 22.8 Å². The van der Waals surface area contributed by atoms with Crippen LogP contribution in [0.5, 0.6) is 5.88 Å². The SMILES string of the molecule is CCOCc1nc(O)c(S(=O)(=O)c2ccc(-c3ccc(F)nc3C)c(F)c2)c(=O)n1C(COC)c1cccc(C#N)c1. The van der Waals surface area contributed by atoms with E-state index in [9.17, 15) is 28.0 Å². The number of halogens is 2. The van der Waals surface area contributed by atoms with E-state index in [-0.39, 0.29) is 48.0 Å². The fourth-order valence-electron chi connectivity index (χ4n) is 4.51. The summed E-state index contributed by atoms with van der Waals surface area (Å²) >= 11 is 0. The first-order valence-corrected chi connectivity index (χ1v) is 14.1. The Morgan fingerprint density at radius 3 is 2.48 bits per heavy atom. The zero-order valence-corrected chi connectivity index (χ0v) is 23.7. The molecule has 1 unspecified atom stereocenters. The third-order valence-corrected chi connectivity index (χ3v) is 8.23. The van der Waals surface area contributed by atoms with E-state index in [1.54, 1.807) is 25.1 Å². The van der Waals surface area contributed by atoms with Crippen LogP contribution in [0.4, 0.5) is 8.78 Å². The van der Waals surface area contributed by atoms with Crippen LogP contribution in [-0.4, -0.2) is 48.4 Å². The number of nitriles is 1. The quantitative estimate of drug-likeness (QED) is 0.268. The van der Waals surface area contributed by atoms with Crippen LogP contribution in [0, 0.1) is 30.0 Å². The van der Waals surface area contributed by atoms with E-state index in [0.29, 0.717) is 11.6 Å². The van der Waals surface area contributed by atoms with Gasteiger partial charge in [-0.25, -0.2) is 17.8 Å². The Bertz CT molecular complexity index is 1850. The van der Waals surface area contributed by atoms with Gasteiger partial charge >= 0.3 is 0 Å². The van der Waals surface area contributed by atoms with Crippen molar-refractivity contribution in [3.8, 4) is 23.1 Å². The van der Waals surface area contributed by atoms with Gasteiger partial charge in [-0.3, -0.25) is 9.36 Å². The summed E-state index contributed by atoms with van der Waals surface area (Å²) in [6, 6.07) is 12.6. The van der Waals surface area contributed by atoms with Crippen LogP contribution in [0.1, 0.15) is 35.6 Å². The number of aromatic hydroxyl groups is 1. The maximum absolute atomic E-state index is 15.3. The number of benzene rings is 2. The van der Waals surface area contributed by atoms with Crippen molar-refractivity contribution in [2.75, 3.05) is 20.3 Å². The van der Waals surface area contributed by atoms with Gasteiger partial charge < -0.3 is 14.6 Å². The topological polar surface area (TPSA) is 144 Å². The minimum Gasteiger partial charge on any atom is -0.492 e. The van der Waals surface area contributed by atoms with E-state index >= 15 is 4.39 Å². The molecule has 2 heterocycles. The number of hydrogen-bond donors (Lipinski definition) is 1. The maximum Gasteiger partial charge on any atom is 0.277 e. The highest BCUT2D eigenvalue weighted by Gasteiger charge is 2.33. The van der Waals surface area contributed by atoms with Crippen LogP contribution in [-0.2, 0) is 25.9 Å². The smallest absolute Gasteiger partial charge is 0.277 e. The molecule has 0 spiro atoms. The monoisotopic (exact) mass is 596 g/mol. The number of hydrogen-bond acceptors (Lipinski definition) is 9. The highest BCUT2D eigenvalue weighted by Crippen LogP contribution is 2.31. The molecule has 0 aliphatic carbocycles. The number of rotatable bonds is 10. The largest absolute Gasteiger partial charge is 0.492 e. The number of ether oxygens (including phenoxy) is 2. The molecule has 0 amide bonds. The van der Waals surface area contributed by atoms with Crippen molar-refractivity contribution in [1.29, 1.82) is 5.26 Å². The highest BCUT2D eigenvalue weighted by molar-refractivity contribution is 7.91. The number of aromatic nitrogens is 3. The van der Waals surface area contributed by atoms with Crippen LogP contribution in [0.25, 0.3) is 11.1 Å². The predicted molar refractivity (Wildman–Crippen MR) is 146 cm³/mol. The van der Waals surface area contributed by atoms with E-state index in [2.05, 4.69) is 9.97 Å². The molecule has 2 aromatic heterocycles. The van der Waals surface area contributed by atoms with Crippen LogP contribution in [0.15, 0.2) is 69.2 Å². The maximum atomic E-state index is 15.3. The van der Waals surface area contributed by atoms with Gasteiger partial charge in [0.2, 0.25) is 21.7 Å². The summed E-state index contributed by atoms with van der Waals surface area (Å²) in [5, 5.41) is 20.1. The first kappa shape index (κ1) is 30.4. The van der Waals surface area contributed by atoms with Gasteiger partial charge in [-0.2, -0.15) is 14.6 Å². The third kappa shape index (κ3) is 5.91. The lowest BCUT2D eigenvalue weighted by molar-refractivity contribution is 0.116. The fourth-order valence-corrected chi connectivity index (χ4v) is 5.86. The lowest BCUT2D eigenvalue weighted by atomic mass is 10.0. The van der Waals surface area contributed by atoms with Gasteiger partial charge in [-0.05, 0) is 55.8 Å². The fraction of sp³-hybridized carbons (Fsp3) is 0.241. The molecule has 0 aliphatic rings. The summed E-state index contributed by atoms with van der Waals surface area (Å²) < 4.78 is 68.0. The van der Waals surface area contributed by atoms with E-state index in [1.165, 1.54) is 26.2 Å². The van der Waals surface area contributed by atoms with Gasteiger partial charge in [-0.1, -0.05) is 18.2 Å². The molecule has 2 aromatic carbocycles. The Hall–Kier alpha value is -4.51. The minimum atomic E-state index is -4.84. The number of aryl methyl sites for hydroxylation is 1. The van der Waals surface area contributed by atoms with Crippen LogP contribution >= 0.6 is 0 Å². The average Bonchev–Trinajstić information content (AvgIpc) is 2.95. The summed E-state index contributed by atoms with van der Waals surface area (Å²) in [6.07, 6.45) is 0. The second kappa shape index (κ2) is 12.6. The number of methoxy groups -OCH3 is 1. The molecule has 1 atom stereocenters. The second-order valence-electron chi connectivity index (χ2n) is 9.11. The summed E-state index contributed by atoms with van der Waals surface area (Å²) in [5.74, 6) is -2.91. The molecule has 13 heteroatoms. The van der Waals surface area contributed by atoms with Gasteiger partial charge in [-0.15, -0.1) is 0 Å². The molecule has 0 saturated carbocycles. The normalized spacial score (nSPS) is 12.2. The van der Waals surface area contributed by atoms with Crippen molar-refractivity contribution < 1.29 is 31.8 Å². The Morgan fingerprint density at radius 1 is 1.10 bits per heavy atom. The Morgan fingerprint density at radius 2 is 1.83 bits per heavy atom. The summed E-state index contributed by atoms with van der Waals surface area (Å²) in [4.78, 5) is 19.9. The molecule has 4 aromatic rings. The Kier molecular flexibility index (Phi) is 9.11. The van der Waals surface area contributed by atoms with Crippen LogP contribution in [0.2, 0.25) is 0 Å². The molecular weight excluding hydrogens is 570 g/mol. The van der Waals surface area contributed by atoms with Crippen molar-refractivity contribution in [1.82, 2.24) is 14.5 Å². The standard InChI is InChI=1S/C29H26F2N4O6S/c1-4-41-16-26-34-28(36)27(29(37)35(26)24(15-40-3)19-7-5-6-18(12-19)14-32)42(38,39)20-8-9-22(23(30)13-20)21-10-11-25(31)33-17(21)2/h5-13,24,36H,4,15-16H2,1-3H3. The molecule has 42 heavy (non-hydrogen) atoms. The number of pyridine rings is 1. The molecule has 0 radical (unpaired) electrons. The van der Waals surface area contributed by atoms with Crippen molar-refractivity contribution in [2.24, 2.45) is 0 Å². The number of nitrogens with zero attached hydrogens (tertiary/aromatic N) is 4. The molecule has 10 nitrogen and oxygen atoms in total. The summed E-state index contributed by atoms with van der Waals surface area (Å²) in [6.45, 7) is 3.01. The zero-order chi connectivity index (χ0) is 30.6. The van der Waals surface area contributed by atoms with Crippen molar-refractivity contribution in [2.45, 2.75) is 36.3 Å². The molecule has 0 bridgehead atoms. The predicted octanol–water partition coefficient (Wildman–Crippen LogP) is 4.07. The van der Waals surface area contributed by atoms with Crippen LogP contribution in [0.3, 0.4) is 0 Å². The van der Waals surface area contributed by atoms with E-state index < -0.39 is 48.9 Å². The lowest BCUT2D eigenvalue weighted by Gasteiger charge is -2.24. The van der Waals surface area contributed by atoms with Crippen molar-refractivity contribution >= 4 is 9.84 Å². The van der Waals surface area contributed by atoms with Gasteiger partial charge in [0.1, 0.15) is 18.2 Å². The minimum absolute atomic E-state index is 0.0386. The van der Waals surface area contributed by atoms with Gasteiger partial charge in [0.05, 0.1) is 29.2 Å². The molecule has 0 saturated heterocycles. The molecule has 218 valence electrons. The Labute approximate surface area is 240 Å². The van der Waals surface area contributed by atoms with E-state index in [1.807, 2.05) is 6.07 Å². The summed E-state index contributed by atoms with van der Waals surface area (Å²) in [5.41, 5.74) is -0.0382. The lowest BCUT2D eigenvalue weighted by Crippen LogP contribution is -2.35. The molecular formula is C29H26F2N4O6S. The van der Waals surface area contributed by atoms with Crippen molar-refractivity contribution in [3.63, 3.8) is 0 Å². The molecule has 0 aliphatic heterocycles. The first-order valence-electron chi connectivity index (χ1n) is 12.6. The van der Waals surface area contributed by atoms with Gasteiger partial charge in [0, 0.05) is 30.5 Å². The van der Waals surface area contributed by atoms with Gasteiger partial charge in [0.15, 0.2) is 4.90 Å². The number of sulfone groups is 1. The van der Waals surface area contributed by atoms with Gasteiger partial charge in [0.25, 0.3) is 5.56 Å². The highest BCUT2D eigenvalue weighted by atomic mass is 32.2. The summed E-state index contributed by atoms with van der Waals surface area (Å²) in [7, 11) is -3.46.